The average Bonchev–Trinajstić information content (AvgIpc) is 2.45. The van der Waals surface area contributed by atoms with Crippen molar-refractivity contribution in [2.24, 2.45) is 0 Å². The van der Waals surface area contributed by atoms with E-state index in [1.807, 2.05) is 27.7 Å². The van der Waals surface area contributed by atoms with Crippen molar-refractivity contribution in [3.05, 3.63) is 0 Å². The van der Waals surface area contributed by atoms with E-state index in [0.29, 0.717) is 19.8 Å². The van der Waals surface area contributed by atoms with Crippen LogP contribution in [0.4, 0.5) is 0 Å². The fourth-order valence-electron chi connectivity index (χ4n) is 2.30. The minimum Gasteiger partial charge on any atom is -0.351 e. The number of piperazine rings is 1. The van der Waals surface area contributed by atoms with Crippen LogP contribution in [0.5, 0.6) is 0 Å². The number of rotatable bonds is 8. The Hall–Kier alpha value is -0.690. The van der Waals surface area contributed by atoms with Crippen LogP contribution in [0, 0.1) is 0 Å². The molecule has 1 rings (SSSR count). The van der Waals surface area contributed by atoms with Gasteiger partial charge < -0.3 is 20.1 Å². The third kappa shape index (κ3) is 5.01. The number of hydrogen-bond donors (Lipinski definition) is 2. The lowest BCUT2D eigenvalue weighted by Crippen LogP contribution is -2.60. The Bertz CT molecular complexity index is 285. The van der Waals surface area contributed by atoms with Crippen molar-refractivity contribution < 1.29 is 14.3 Å². The number of nitrogens with zero attached hydrogens (tertiary/aromatic N) is 1. The molecule has 1 saturated heterocycles. The lowest BCUT2D eigenvalue weighted by molar-refractivity contribution is -0.145. The van der Waals surface area contributed by atoms with E-state index in [1.54, 1.807) is 0 Å². The minimum atomic E-state index is -0.509. The van der Waals surface area contributed by atoms with E-state index in [-0.39, 0.29) is 12.2 Å². The molecular weight excluding hydrogens is 258 g/mol. The summed E-state index contributed by atoms with van der Waals surface area (Å²) in [5.41, 5.74) is -0.509. The number of hydrogen-bond acceptors (Lipinski definition) is 5. The minimum absolute atomic E-state index is 0.0174. The van der Waals surface area contributed by atoms with E-state index in [4.69, 9.17) is 9.47 Å². The summed E-state index contributed by atoms with van der Waals surface area (Å²) >= 11 is 0. The van der Waals surface area contributed by atoms with Crippen LogP contribution < -0.4 is 10.6 Å². The maximum atomic E-state index is 12.4. The van der Waals surface area contributed by atoms with Gasteiger partial charge in [-0.25, -0.2) is 0 Å². The highest BCUT2D eigenvalue weighted by atomic mass is 16.7. The number of amides is 1. The zero-order chi connectivity index (χ0) is 15.0. The van der Waals surface area contributed by atoms with Gasteiger partial charge >= 0.3 is 0 Å². The molecule has 118 valence electrons. The molecule has 1 aliphatic rings. The van der Waals surface area contributed by atoms with E-state index in [9.17, 15) is 4.79 Å². The summed E-state index contributed by atoms with van der Waals surface area (Å²) in [6.45, 7) is 12.9. The highest BCUT2D eigenvalue weighted by molar-refractivity contribution is 5.85. The standard InChI is InChI=1S/C14H29N3O3/c1-5-19-12(20-6-2)11-16-13(18)14(3,4)17-9-7-15-8-10-17/h12,15H,5-11H2,1-4H3,(H,16,18). The van der Waals surface area contributed by atoms with Crippen molar-refractivity contribution in [1.82, 2.24) is 15.5 Å². The first-order valence-electron chi connectivity index (χ1n) is 7.49. The van der Waals surface area contributed by atoms with Crippen molar-refractivity contribution in [2.75, 3.05) is 45.9 Å². The Labute approximate surface area is 122 Å². The smallest absolute Gasteiger partial charge is 0.240 e. The molecule has 1 heterocycles. The molecule has 0 aromatic heterocycles. The zero-order valence-corrected chi connectivity index (χ0v) is 13.2. The maximum Gasteiger partial charge on any atom is 0.240 e. The summed E-state index contributed by atoms with van der Waals surface area (Å²) in [5, 5.41) is 6.23. The zero-order valence-electron chi connectivity index (χ0n) is 13.2. The topological polar surface area (TPSA) is 62.8 Å². The molecule has 0 spiro atoms. The van der Waals surface area contributed by atoms with Gasteiger partial charge in [-0.1, -0.05) is 0 Å². The van der Waals surface area contributed by atoms with Crippen LogP contribution in [0.1, 0.15) is 27.7 Å². The molecule has 0 aromatic carbocycles. The molecule has 0 unspecified atom stereocenters. The normalized spacial score (nSPS) is 17.4. The molecule has 20 heavy (non-hydrogen) atoms. The van der Waals surface area contributed by atoms with Gasteiger partial charge in [-0.05, 0) is 27.7 Å². The number of nitrogens with one attached hydrogen (secondary N) is 2. The lowest BCUT2D eigenvalue weighted by Gasteiger charge is -2.40. The lowest BCUT2D eigenvalue weighted by atomic mass is 10.0. The Morgan fingerprint density at radius 1 is 1.25 bits per heavy atom. The molecule has 6 nitrogen and oxygen atoms in total. The van der Waals surface area contributed by atoms with Gasteiger partial charge in [-0.3, -0.25) is 9.69 Å². The summed E-state index contributed by atoms with van der Waals surface area (Å²) in [6, 6.07) is 0. The molecule has 1 amide bonds. The molecule has 2 N–H and O–H groups in total. The summed E-state index contributed by atoms with van der Waals surface area (Å²) < 4.78 is 10.9. The molecule has 0 atom stereocenters. The van der Waals surface area contributed by atoms with Crippen LogP contribution >= 0.6 is 0 Å². The van der Waals surface area contributed by atoms with E-state index < -0.39 is 5.54 Å². The van der Waals surface area contributed by atoms with Gasteiger partial charge in [-0.15, -0.1) is 0 Å². The van der Waals surface area contributed by atoms with Crippen LogP contribution in [0.3, 0.4) is 0 Å². The monoisotopic (exact) mass is 287 g/mol. The Morgan fingerprint density at radius 2 is 1.80 bits per heavy atom. The predicted molar refractivity (Wildman–Crippen MR) is 78.6 cm³/mol. The third-order valence-corrected chi connectivity index (χ3v) is 3.60. The van der Waals surface area contributed by atoms with Gasteiger partial charge in [0.2, 0.25) is 5.91 Å². The first-order chi connectivity index (χ1) is 9.52. The molecule has 1 fully saturated rings. The van der Waals surface area contributed by atoms with Gasteiger partial charge in [0.1, 0.15) is 0 Å². The predicted octanol–water partition coefficient (Wildman–Crippen LogP) is 0.186. The van der Waals surface area contributed by atoms with Gasteiger partial charge in [0.05, 0.1) is 12.1 Å². The van der Waals surface area contributed by atoms with Crippen LogP contribution in [0.2, 0.25) is 0 Å². The number of ether oxygens (including phenoxy) is 2. The second kappa shape index (κ2) is 8.56. The number of carbonyl (C=O) groups is 1. The van der Waals surface area contributed by atoms with Gasteiger partial charge in [0, 0.05) is 39.4 Å². The van der Waals surface area contributed by atoms with Crippen molar-refractivity contribution in [3.8, 4) is 0 Å². The first kappa shape index (κ1) is 17.4. The molecular formula is C14H29N3O3. The SMILES string of the molecule is CCOC(CNC(=O)C(C)(C)N1CCNCC1)OCC. The van der Waals surface area contributed by atoms with Gasteiger partial charge in [-0.2, -0.15) is 0 Å². The van der Waals surface area contributed by atoms with Crippen molar-refractivity contribution in [3.63, 3.8) is 0 Å². The van der Waals surface area contributed by atoms with E-state index in [0.717, 1.165) is 26.2 Å². The molecule has 6 heteroatoms. The van der Waals surface area contributed by atoms with Crippen LogP contribution in [-0.2, 0) is 14.3 Å². The maximum absolute atomic E-state index is 12.4. The Balaban J connectivity index is 2.46. The Morgan fingerprint density at radius 3 is 2.30 bits per heavy atom. The highest BCUT2D eigenvalue weighted by Gasteiger charge is 2.35. The quantitative estimate of drug-likeness (QED) is 0.624. The second-order valence-electron chi connectivity index (χ2n) is 5.35. The van der Waals surface area contributed by atoms with Crippen molar-refractivity contribution in [1.29, 1.82) is 0 Å². The summed E-state index contributed by atoms with van der Waals surface area (Å²) in [5.74, 6) is 0.0174. The average molecular weight is 287 g/mol. The highest BCUT2D eigenvalue weighted by Crippen LogP contribution is 2.15. The first-order valence-corrected chi connectivity index (χ1v) is 7.49. The molecule has 0 aromatic rings. The largest absolute Gasteiger partial charge is 0.351 e. The van der Waals surface area contributed by atoms with E-state index in [1.165, 1.54) is 0 Å². The van der Waals surface area contributed by atoms with E-state index >= 15 is 0 Å². The summed E-state index contributed by atoms with van der Waals surface area (Å²) in [4.78, 5) is 14.6. The molecule has 0 saturated carbocycles. The molecule has 0 radical (unpaired) electrons. The summed E-state index contributed by atoms with van der Waals surface area (Å²) in [6.07, 6.45) is -0.368. The second-order valence-corrected chi connectivity index (χ2v) is 5.35. The molecule has 1 aliphatic heterocycles. The van der Waals surface area contributed by atoms with Crippen LogP contribution in [0.25, 0.3) is 0 Å². The van der Waals surface area contributed by atoms with Gasteiger partial charge in [0.25, 0.3) is 0 Å². The van der Waals surface area contributed by atoms with Crippen LogP contribution in [-0.4, -0.2) is 68.6 Å². The van der Waals surface area contributed by atoms with Crippen LogP contribution in [0.15, 0.2) is 0 Å². The fraction of sp³-hybridized carbons (Fsp3) is 0.929. The third-order valence-electron chi connectivity index (χ3n) is 3.60. The number of carbonyl (C=O) groups excluding carboxylic acids is 1. The van der Waals surface area contributed by atoms with Crippen molar-refractivity contribution in [2.45, 2.75) is 39.5 Å². The van der Waals surface area contributed by atoms with Gasteiger partial charge in [0.15, 0.2) is 6.29 Å². The summed E-state index contributed by atoms with van der Waals surface area (Å²) in [7, 11) is 0. The fourth-order valence-corrected chi connectivity index (χ4v) is 2.30. The molecule has 0 aliphatic carbocycles. The van der Waals surface area contributed by atoms with Crippen molar-refractivity contribution >= 4 is 5.91 Å². The molecule has 0 bridgehead atoms. The van der Waals surface area contributed by atoms with E-state index in [2.05, 4.69) is 15.5 Å². The Kier molecular flexibility index (Phi) is 7.43.